The molecule has 0 aromatic carbocycles. The van der Waals surface area contributed by atoms with Crippen LogP contribution in [0.25, 0.3) is 0 Å². The number of aromatic nitrogens is 1. The van der Waals surface area contributed by atoms with Crippen LogP contribution in [-0.4, -0.2) is 53.8 Å². The number of hydrogen-bond acceptors (Lipinski definition) is 4. The maximum atomic E-state index is 12.7. The molecule has 2 heterocycles. The number of fused-ring (bicyclic) bond motifs is 5. The second-order valence-corrected chi connectivity index (χ2v) is 7.94. The third-order valence-electron chi connectivity index (χ3n) is 6.12. The highest BCUT2D eigenvalue weighted by molar-refractivity contribution is 14.0. The van der Waals surface area contributed by atoms with Gasteiger partial charge in [-0.15, -0.1) is 24.0 Å². The van der Waals surface area contributed by atoms with Gasteiger partial charge in [0.25, 0.3) is 0 Å². The Kier molecular flexibility index (Phi) is 7.85. The third-order valence-corrected chi connectivity index (χ3v) is 6.12. The fourth-order valence-electron chi connectivity index (χ4n) is 4.80. The molecular weight excluding hydrogens is 493 g/mol. The lowest BCUT2D eigenvalue weighted by atomic mass is 9.85. The Hall–Kier alpha value is -1.97. The Bertz CT molecular complexity index is 783. The number of nitrogens with one attached hydrogen (secondary N) is 2. The van der Waals surface area contributed by atoms with Gasteiger partial charge in [0.2, 0.25) is 11.8 Å². The number of carbonyl (C=O) groups is 2. The van der Waals surface area contributed by atoms with Crippen molar-refractivity contribution < 1.29 is 9.59 Å². The first-order chi connectivity index (χ1) is 14.2. The third kappa shape index (κ3) is 4.68. The summed E-state index contributed by atoms with van der Waals surface area (Å²) in [5.41, 5.74) is 1.04. The van der Waals surface area contributed by atoms with E-state index in [4.69, 9.17) is 0 Å². The number of imide groups is 1. The molecule has 1 aliphatic heterocycles. The van der Waals surface area contributed by atoms with Crippen LogP contribution in [0.2, 0.25) is 0 Å². The highest BCUT2D eigenvalue weighted by atomic mass is 127. The van der Waals surface area contributed by atoms with E-state index in [-0.39, 0.29) is 59.5 Å². The molecule has 0 spiro atoms. The topological polar surface area (TPSA) is 86.7 Å². The van der Waals surface area contributed by atoms with Gasteiger partial charge in [0.05, 0.1) is 11.8 Å². The maximum Gasteiger partial charge on any atom is 0.233 e. The fraction of sp³-hybridized carbons (Fsp3) is 0.545. The smallest absolute Gasteiger partial charge is 0.233 e. The summed E-state index contributed by atoms with van der Waals surface area (Å²) in [6.45, 7) is 4.57. The lowest BCUT2D eigenvalue weighted by molar-refractivity contribution is -0.140. The average molecular weight is 523 g/mol. The van der Waals surface area contributed by atoms with E-state index >= 15 is 0 Å². The minimum Gasteiger partial charge on any atom is -0.357 e. The van der Waals surface area contributed by atoms with Gasteiger partial charge in [-0.05, 0) is 43.7 Å². The van der Waals surface area contributed by atoms with E-state index in [0.717, 1.165) is 37.6 Å². The van der Waals surface area contributed by atoms with Crippen molar-refractivity contribution in [1.29, 1.82) is 0 Å². The Morgan fingerprint density at radius 3 is 2.53 bits per heavy atom. The second-order valence-electron chi connectivity index (χ2n) is 7.94. The molecule has 4 unspecified atom stereocenters. The molecule has 1 aromatic rings. The van der Waals surface area contributed by atoms with Crippen molar-refractivity contribution >= 4 is 41.8 Å². The van der Waals surface area contributed by atoms with Crippen LogP contribution in [-0.2, 0) is 16.0 Å². The predicted octanol–water partition coefficient (Wildman–Crippen LogP) is 1.99. The first kappa shape index (κ1) is 22.7. The van der Waals surface area contributed by atoms with Gasteiger partial charge < -0.3 is 10.6 Å². The zero-order chi connectivity index (χ0) is 20.2. The van der Waals surface area contributed by atoms with Crippen LogP contribution in [0.1, 0.15) is 25.5 Å². The van der Waals surface area contributed by atoms with Crippen LogP contribution < -0.4 is 10.6 Å². The fourth-order valence-corrected chi connectivity index (χ4v) is 4.80. The summed E-state index contributed by atoms with van der Waals surface area (Å²) < 4.78 is 0. The number of aliphatic imine (C=N–C) groups is 1. The van der Waals surface area contributed by atoms with Crippen LogP contribution in [0.5, 0.6) is 0 Å². The van der Waals surface area contributed by atoms with Crippen molar-refractivity contribution in [3.63, 3.8) is 0 Å². The summed E-state index contributed by atoms with van der Waals surface area (Å²) in [5, 5.41) is 6.54. The molecule has 162 valence electrons. The van der Waals surface area contributed by atoms with Crippen molar-refractivity contribution in [3.05, 3.63) is 42.2 Å². The summed E-state index contributed by atoms with van der Waals surface area (Å²) in [6, 6.07) is 5.90. The molecule has 1 saturated heterocycles. The summed E-state index contributed by atoms with van der Waals surface area (Å²) >= 11 is 0. The number of pyridine rings is 1. The summed E-state index contributed by atoms with van der Waals surface area (Å²) in [4.78, 5) is 35.8. The number of guanidine groups is 1. The van der Waals surface area contributed by atoms with Gasteiger partial charge >= 0.3 is 0 Å². The number of allylic oxidation sites excluding steroid dienone is 2. The zero-order valence-electron chi connectivity index (χ0n) is 17.3. The van der Waals surface area contributed by atoms with Gasteiger partial charge in [-0.3, -0.25) is 24.5 Å². The highest BCUT2D eigenvalue weighted by Crippen LogP contribution is 2.52. The lowest BCUT2D eigenvalue weighted by Gasteiger charge is -2.17. The zero-order valence-corrected chi connectivity index (χ0v) is 19.6. The van der Waals surface area contributed by atoms with Crippen molar-refractivity contribution in [1.82, 2.24) is 20.5 Å². The van der Waals surface area contributed by atoms with Gasteiger partial charge in [0.15, 0.2) is 5.96 Å². The number of hydrogen-bond donors (Lipinski definition) is 2. The average Bonchev–Trinajstić information content (AvgIpc) is 3.41. The van der Waals surface area contributed by atoms with E-state index in [1.54, 1.807) is 6.20 Å². The van der Waals surface area contributed by atoms with Gasteiger partial charge in [-0.2, -0.15) is 0 Å². The van der Waals surface area contributed by atoms with Gasteiger partial charge in [-0.25, -0.2) is 0 Å². The van der Waals surface area contributed by atoms with Crippen LogP contribution in [0.3, 0.4) is 0 Å². The second kappa shape index (κ2) is 10.4. The van der Waals surface area contributed by atoms with Gasteiger partial charge in [-0.1, -0.05) is 18.2 Å². The first-order valence-electron chi connectivity index (χ1n) is 10.6. The van der Waals surface area contributed by atoms with E-state index in [9.17, 15) is 9.59 Å². The molecule has 1 aromatic heterocycles. The lowest BCUT2D eigenvalue weighted by Crippen LogP contribution is -2.38. The van der Waals surface area contributed by atoms with Gasteiger partial charge in [0.1, 0.15) is 0 Å². The van der Waals surface area contributed by atoms with E-state index in [1.165, 1.54) is 4.90 Å². The van der Waals surface area contributed by atoms with Crippen LogP contribution in [0.4, 0.5) is 0 Å². The van der Waals surface area contributed by atoms with Crippen LogP contribution in [0, 0.1) is 23.7 Å². The molecule has 2 aliphatic carbocycles. The number of rotatable bonds is 8. The number of halogens is 1. The molecule has 30 heavy (non-hydrogen) atoms. The van der Waals surface area contributed by atoms with Gasteiger partial charge in [0, 0.05) is 44.5 Å². The molecule has 4 atom stereocenters. The van der Waals surface area contributed by atoms with E-state index < -0.39 is 0 Å². The predicted molar refractivity (Wildman–Crippen MR) is 126 cm³/mol. The van der Waals surface area contributed by atoms with Crippen molar-refractivity contribution in [2.75, 3.05) is 26.2 Å². The standard InChI is InChI=1S/C22H29N5O2.HI/c1-2-23-22(26-12-9-17-6-3-4-10-24-17)25-11-5-13-27-20(28)18-15-7-8-16(14-15)19(18)21(27)29;/h3-4,6-8,10,15-16,18-19H,2,5,9,11-14H2,1H3,(H2,23,25,26);1H. The summed E-state index contributed by atoms with van der Waals surface area (Å²) in [6.07, 6.45) is 8.53. The van der Waals surface area contributed by atoms with Crippen molar-refractivity contribution in [2.45, 2.75) is 26.2 Å². The minimum atomic E-state index is -0.105. The Morgan fingerprint density at radius 2 is 1.90 bits per heavy atom. The summed E-state index contributed by atoms with van der Waals surface area (Å²) in [7, 11) is 0. The maximum absolute atomic E-state index is 12.7. The number of amides is 2. The van der Waals surface area contributed by atoms with Crippen molar-refractivity contribution in [3.8, 4) is 0 Å². The highest BCUT2D eigenvalue weighted by Gasteiger charge is 2.58. The van der Waals surface area contributed by atoms with Crippen LogP contribution >= 0.6 is 24.0 Å². The molecule has 2 amide bonds. The molecule has 7 nitrogen and oxygen atoms in total. The van der Waals surface area contributed by atoms with E-state index in [2.05, 4.69) is 32.8 Å². The Labute approximate surface area is 194 Å². The molecule has 8 heteroatoms. The summed E-state index contributed by atoms with van der Waals surface area (Å²) in [5.74, 6) is 1.14. The molecule has 4 rings (SSSR count). The van der Waals surface area contributed by atoms with E-state index in [0.29, 0.717) is 19.5 Å². The van der Waals surface area contributed by atoms with Crippen LogP contribution in [0.15, 0.2) is 41.5 Å². The number of carbonyl (C=O) groups excluding carboxylic acids is 2. The molecule has 2 bridgehead atoms. The quantitative estimate of drug-likeness (QED) is 0.136. The molecule has 2 fully saturated rings. The van der Waals surface area contributed by atoms with E-state index in [1.807, 2.05) is 25.1 Å². The molecule has 3 aliphatic rings. The molecule has 2 N–H and O–H groups in total. The first-order valence-corrected chi connectivity index (χ1v) is 10.6. The molecule has 1 saturated carbocycles. The number of likely N-dealkylation sites (tertiary alicyclic amines) is 1. The minimum absolute atomic E-state index is 0. The molecule has 0 radical (unpaired) electrons. The monoisotopic (exact) mass is 523 g/mol. The van der Waals surface area contributed by atoms with Crippen molar-refractivity contribution in [2.24, 2.45) is 28.7 Å². The SMILES string of the molecule is CCNC(=NCCCN1C(=O)C2C3C=CC(C3)C2C1=O)NCCc1ccccn1.I. The normalized spacial score (nSPS) is 26.7. The number of nitrogens with zero attached hydrogens (tertiary/aromatic N) is 3. The Morgan fingerprint density at radius 1 is 1.17 bits per heavy atom. The Balaban J connectivity index is 0.00000256. The largest absolute Gasteiger partial charge is 0.357 e. The molecular formula is C22H30IN5O2.